The molecular formula is C20H18ClN5O3. The summed E-state index contributed by atoms with van der Waals surface area (Å²) in [6, 6.07) is 10.3. The number of benzene rings is 2. The van der Waals surface area contributed by atoms with E-state index in [1.807, 2.05) is 32.0 Å². The molecule has 1 N–H and O–H groups in total. The Kier molecular flexibility index (Phi) is 4.79. The summed E-state index contributed by atoms with van der Waals surface area (Å²) in [4.78, 5) is 39.3. The lowest BCUT2D eigenvalue weighted by atomic mass is 10.1. The van der Waals surface area contributed by atoms with Crippen molar-refractivity contribution in [2.75, 3.05) is 16.8 Å². The number of imide groups is 1. The Bertz CT molecular complexity index is 1030. The fraction of sp³-hybridized carbons (Fsp3) is 0.250. The molecule has 2 heterocycles. The van der Waals surface area contributed by atoms with Gasteiger partial charge >= 0.3 is 0 Å². The van der Waals surface area contributed by atoms with Gasteiger partial charge in [0.15, 0.2) is 12.1 Å². The smallest absolute Gasteiger partial charge is 0.263 e. The average Bonchev–Trinajstić information content (AvgIpc) is 3.18. The van der Waals surface area contributed by atoms with Crippen molar-refractivity contribution in [2.45, 2.75) is 25.9 Å². The third-order valence-electron chi connectivity index (χ3n) is 4.98. The van der Waals surface area contributed by atoms with Crippen LogP contribution in [0, 0.1) is 13.8 Å². The molecule has 148 valence electrons. The van der Waals surface area contributed by atoms with Crippen molar-refractivity contribution < 1.29 is 14.4 Å². The minimum atomic E-state index is -0.963. The van der Waals surface area contributed by atoms with Crippen molar-refractivity contribution in [1.82, 2.24) is 5.01 Å². The lowest BCUT2D eigenvalue weighted by Crippen LogP contribution is -2.43. The fourth-order valence-corrected chi connectivity index (χ4v) is 3.75. The van der Waals surface area contributed by atoms with E-state index in [1.165, 1.54) is 11.1 Å². The van der Waals surface area contributed by atoms with Gasteiger partial charge in [-0.05, 0) is 43.2 Å². The monoisotopic (exact) mass is 411 g/mol. The van der Waals surface area contributed by atoms with Crippen LogP contribution in [0.25, 0.3) is 0 Å². The molecule has 3 amide bonds. The Labute approximate surface area is 172 Å². The third kappa shape index (κ3) is 3.36. The van der Waals surface area contributed by atoms with E-state index in [9.17, 15) is 14.4 Å². The molecule has 0 aromatic heterocycles. The summed E-state index contributed by atoms with van der Waals surface area (Å²) in [5.41, 5.74) is 2.95. The zero-order valence-electron chi connectivity index (χ0n) is 15.8. The van der Waals surface area contributed by atoms with Crippen molar-refractivity contribution in [1.29, 1.82) is 0 Å². The van der Waals surface area contributed by atoms with Gasteiger partial charge in [-0.1, -0.05) is 41.1 Å². The number of aryl methyl sites for hydroxylation is 2. The minimum Gasteiger partial charge on any atom is -0.324 e. The summed E-state index contributed by atoms with van der Waals surface area (Å²) in [5, 5.41) is 12.3. The first-order valence-electron chi connectivity index (χ1n) is 9.03. The van der Waals surface area contributed by atoms with Gasteiger partial charge in [-0.2, -0.15) is 5.11 Å². The highest BCUT2D eigenvalue weighted by Gasteiger charge is 2.55. The summed E-state index contributed by atoms with van der Waals surface area (Å²) in [6.45, 7) is 3.60. The molecule has 1 fully saturated rings. The molecule has 9 heteroatoms. The first kappa shape index (κ1) is 19.1. The van der Waals surface area contributed by atoms with Crippen LogP contribution in [-0.4, -0.2) is 41.4 Å². The van der Waals surface area contributed by atoms with E-state index in [4.69, 9.17) is 11.6 Å². The quantitative estimate of drug-likeness (QED) is 0.782. The predicted octanol–water partition coefficient (Wildman–Crippen LogP) is 2.89. The van der Waals surface area contributed by atoms with Crippen LogP contribution in [0.2, 0.25) is 5.02 Å². The van der Waals surface area contributed by atoms with E-state index in [0.717, 1.165) is 21.7 Å². The zero-order chi connectivity index (χ0) is 20.7. The summed E-state index contributed by atoms with van der Waals surface area (Å²) >= 11 is 5.98. The van der Waals surface area contributed by atoms with Crippen molar-refractivity contribution >= 4 is 40.7 Å². The van der Waals surface area contributed by atoms with Gasteiger partial charge in [0.2, 0.25) is 5.91 Å². The number of hydrogen-bond donors (Lipinski definition) is 1. The Morgan fingerprint density at radius 1 is 1.10 bits per heavy atom. The molecule has 8 nitrogen and oxygen atoms in total. The second-order valence-corrected chi connectivity index (χ2v) is 7.44. The van der Waals surface area contributed by atoms with E-state index < -0.39 is 23.9 Å². The molecule has 2 aliphatic heterocycles. The number of carbonyl (C=O) groups is 3. The van der Waals surface area contributed by atoms with Gasteiger partial charge in [0, 0.05) is 10.7 Å². The first-order chi connectivity index (χ1) is 13.9. The highest BCUT2D eigenvalue weighted by atomic mass is 35.5. The van der Waals surface area contributed by atoms with Crippen molar-refractivity contribution in [3.05, 3.63) is 58.6 Å². The van der Waals surface area contributed by atoms with Gasteiger partial charge in [0.05, 0.1) is 5.69 Å². The van der Waals surface area contributed by atoms with E-state index in [-0.39, 0.29) is 12.5 Å². The highest BCUT2D eigenvalue weighted by Crippen LogP contribution is 2.32. The number of rotatable bonds is 4. The number of nitrogens with one attached hydrogen (secondary N) is 1. The average molecular weight is 412 g/mol. The minimum absolute atomic E-state index is 0.194. The second-order valence-electron chi connectivity index (χ2n) is 7.00. The van der Waals surface area contributed by atoms with Crippen molar-refractivity contribution in [3.63, 3.8) is 0 Å². The van der Waals surface area contributed by atoms with Gasteiger partial charge in [-0.3, -0.25) is 19.4 Å². The summed E-state index contributed by atoms with van der Waals surface area (Å²) in [6.07, 6.45) is 0. The number of hydrogen-bond acceptors (Lipinski definition) is 6. The Morgan fingerprint density at radius 2 is 1.79 bits per heavy atom. The van der Waals surface area contributed by atoms with Crippen molar-refractivity contribution in [3.8, 4) is 0 Å². The maximum absolute atomic E-state index is 12.9. The maximum atomic E-state index is 12.9. The lowest BCUT2D eigenvalue weighted by molar-refractivity contribution is -0.123. The standard InChI is InChI=1S/C20H18ClN5O3/c1-11-5-3-6-12(2)16(11)22-15(27)10-25-18-17(23-24-25)19(28)26(20(18)29)14-8-4-7-13(21)9-14/h3-9,17-18H,10H2,1-2H3,(H,22,27)/t17-,18+/m1/s1. The molecule has 0 radical (unpaired) electrons. The van der Waals surface area contributed by atoms with E-state index in [2.05, 4.69) is 15.7 Å². The molecule has 0 aliphatic carbocycles. The van der Waals surface area contributed by atoms with Gasteiger partial charge < -0.3 is 5.32 Å². The molecule has 0 bridgehead atoms. The number of nitrogens with zero attached hydrogens (tertiary/aromatic N) is 4. The molecule has 0 spiro atoms. The molecule has 4 rings (SSSR count). The van der Waals surface area contributed by atoms with Crippen molar-refractivity contribution in [2.24, 2.45) is 10.3 Å². The second kappa shape index (κ2) is 7.29. The van der Waals surface area contributed by atoms with Gasteiger partial charge in [-0.15, -0.1) is 0 Å². The molecular weight excluding hydrogens is 394 g/mol. The van der Waals surface area contributed by atoms with Crippen LogP contribution >= 0.6 is 11.6 Å². The Balaban J connectivity index is 1.51. The fourth-order valence-electron chi connectivity index (χ4n) is 3.56. The van der Waals surface area contributed by atoms with Crippen LogP contribution in [0.4, 0.5) is 11.4 Å². The summed E-state index contributed by atoms with van der Waals surface area (Å²) in [5.74, 6) is -1.31. The summed E-state index contributed by atoms with van der Waals surface area (Å²) < 4.78 is 0. The Hall–Kier alpha value is -3.26. The predicted molar refractivity (Wildman–Crippen MR) is 108 cm³/mol. The molecule has 0 saturated carbocycles. The van der Waals surface area contributed by atoms with E-state index in [1.54, 1.807) is 18.2 Å². The number of carbonyl (C=O) groups excluding carboxylic acids is 3. The number of fused-ring (bicyclic) bond motifs is 1. The largest absolute Gasteiger partial charge is 0.324 e. The topological polar surface area (TPSA) is 94.4 Å². The SMILES string of the molecule is Cc1cccc(C)c1NC(=O)CN1N=N[C@H]2C(=O)N(c3cccc(Cl)c3)C(=O)[C@H]21. The Morgan fingerprint density at radius 3 is 2.48 bits per heavy atom. The summed E-state index contributed by atoms with van der Waals surface area (Å²) in [7, 11) is 0. The number of para-hydroxylation sites is 1. The maximum Gasteiger partial charge on any atom is 0.263 e. The number of anilines is 2. The van der Waals surface area contributed by atoms with Gasteiger partial charge in [0.1, 0.15) is 6.54 Å². The van der Waals surface area contributed by atoms with Gasteiger partial charge in [0.25, 0.3) is 11.8 Å². The van der Waals surface area contributed by atoms with E-state index >= 15 is 0 Å². The highest BCUT2D eigenvalue weighted by molar-refractivity contribution is 6.31. The molecule has 2 atom stereocenters. The van der Waals surface area contributed by atoms with Crippen LogP contribution in [0.15, 0.2) is 52.8 Å². The molecule has 2 aromatic rings. The lowest BCUT2D eigenvalue weighted by Gasteiger charge is -2.20. The van der Waals surface area contributed by atoms with Gasteiger partial charge in [-0.25, -0.2) is 4.90 Å². The van der Waals surface area contributed by atoms with Crippen LogP contribution in [0.5, 0.6) is 0 Å². The van der Waals surface area contributed by atoms with Crippen LogP contribution in [0.3, 0.4) is 0 Å². The molecule has 0 unspecified atom stereocenters. The molecule has 2 aromatic carbocycles. The molecule has 29 heavy (non-hydrogen) atoms. The molecule has 2 aliphatic rings. The number of halogens is 1. The first-order valence-corrected chi connectivity index (χ1v) is 9.41. The zero-order valence-corrected chi connectivity index (χ0v) is 16.6. The van der Waals surface area contributed by atoms with Crippen LogP contribution in [0.1, 0.15) is 11.1 Å². The number of amides is 3. The normalized spacial score (nSPS) is 20.4. The third-order valence-corrected chi connectivity index (χ3v) is 5.21. The van der Waals surface area contributed by atoms with Crippen LogP contribution < -0.4 is 10.2 Å². The van der Waals surface area contributed by atoms with E-state index in [0.29, 0.717) is 10.7 Å². The van der Waals surface area contributed by atoms with Crippen LogP contribution in [-0.2, 0) is 14.4 Å². The molecule has 1 saturated heterocycles.